The number of carbonyl (C=O) groups is 3. The SMILES string of the molecule is CC(c1ccccc1)N1Cc2sc(N)c(C(=O)OC(C)(C)C)c2CC1CN1C(=O)c2ccccc2C1=O. The Morgan fingerprint density at radius 2 is 1.65 bits per heavy atom. The molecule has 2 aliphatic rings. The van der Waals surface area contributed by atoms with Crippen LogP contribution in [0.25, 0.3) is 0 Å². The summed E-state index contributed by atoms with van der Waals surface area (Å²) in [5.41, 5.74) is 8.98. The standard InChI is InChI=1S/C29H31N3O4S/c1-17(18-10-6-5-7-11-18)31-16-23-22(24(25(30)37-23)28(35)36-29(2,3)4)14-19(31)15-32-26(33)20-12-8-9-13-21(20)27(32)34/h5-13,17,19H,14-16,30H2,1-4H3. The van der Waals surface area contributed by atoms with E-state index in [1.807, 2.05) is 39.0 Å². The predicted octanol–water partition coefficient (Wildman–Crippen LogP) is 5.07. The van der Waals surface area contributed by atoms with Gasteiger partial charge in [0.25, 0.3) is 11.8 Å². The van der Waals surface area contributed by atoms with Crippen LogP contribution in [-0.2, 0) is 17.7 Å². The van der Waals surface area contributed by atoms with Crippen LogP contribution in [0.4, 0.5) is 5.00 Å². The molecule has 3 heterocycles. The summed E-state index contributed by atoms with van der Waals surface area (Å²) in [5, 5.41) is 0.438. The van der Waals surface area contributed by atoms with Crippen molar-refractivity contribution in [2.24, 2.45) is 0 Å². The molecule has 192 valence electrons. The number of nitrogens with zero attached hydrogens (tertiary/aromatic N) is 2. The van der Waals surface area contributed by atoms with Crippen molar-refractivity contribution in [1.82, 2.24) is 9.80 Å². The third-order valence-electron chi connectivity index (χ3n) is 7.01. The molecule has 0 saturated carbocycles. The molecule has 0 radical (unpaired) electrons. The Bertz CT molecular complexity index is 1340. The average molecular weight is 518 g/mol. The van der Waals surface area contributed by atoms with Gasteiger partial charge in [-0.1, -0.05) is 42.5 Å². The normalized spacial score (nSPS) is 18.5. The molecule has 1 aromatic heterocycles. The van der Waals surface area contributed by atoms with Crippen LogP contribution < -0.4 is 5.73 Å². The number of ether oxygens (including phenoxy) is 1. The molecule has 7 nitrogen and oxygen atoms in total. The molecular formula is C29H31N3O4S. The minimum absolute atomic E-state index is 0.0165. The molecule has 5 rings (SSSR count). The number of amides is 2. The van der Waals surface area contributed by atoms with Crippen molar-refractivity contribution in [3.05, 3.63) is 87.3 Å². The van der Waals surface area contributed by atoms with Gasteiger partial charge in [-0.3, -0.25) is 19.4 Å². The summed E-state index contributed by atoms with van der Waals surface area (Å²) in [5.74, 6) is -1.00. The first-order valence-corrected chi connectivity index (χ1v) is 13.3. The highest BCUT2D eigenvalue weighted by Crippen LogP contribution is 2.41. The second-order valence-electron chi connectivity index (χ2n) is 10.6. The number of nitrogen functional groups attached to an aromatic ring is 1. The van der Waals surface area contributed by atoms with Gasteiger partial charge in [0, 0.05) is 30.1 Å². The Morgan fingerprint density at radius 1 is 1.05 bits per heavy atom. The van der Waals surface area contributed by atoms with Crippen molar-refractivity contribution in [1.29, 1.82) is 0 Å². The molecule has 2 N–H and O–H groups in total. The van der Waals surface area contributed by atoms with Gasteiger partial charge in [-0.2, -0.15) is 0 Å². The Hall–Kier alpha value is -3.49. The molecule has 0 aliphatic carbocycles. The molecule has 2 unspecified atom stereocenters. The maximum Gasteiger partial charge on any atom is 0.341 e. The number of carbonyl (C=O) groups excluding carboxylic acids is 3. The molecule has 2 atom stereocenters. The number of anilines is 1. The average Bonchev–Trinajstić information content (AvgIpc) is 3.31. The Labute approximate surface area is 220 Å². The van der Waals surface area contributed by atoms with Gasteiger partial charge < -0.3 is 10.5 Å². The number of rotatable bonds is 5. The van der Waals surface area contributed by atoms with Gasteiger partial charge in [0.05, 0.1) is 16.7 Å². The Balaban J connectivity index is 1.51. The molecule has 2 aromatic carbocycles. The van der Waals surface area contributed by atoms with Crippen molar-refractivity contribution in [3.8, 4) is 0 Å². The summed E-state index contributed by atoms with van der Waals surface area (Å²) in [6.45, 7) is 8.38. The molecular weight excluding hydrogens is 486 g/mol. The molecule has 8 heteroatoms. The van der Waals surface area contributed by atoms with Crippen LogP contribution >= 0.6 is 11.3 Å². The van der Waals surface area contributed by atoms with Crippen LogP contribution in [0.2, 0.25) is 0 Å². The Kier molecular flexibility index (Phi) is 6.41. The Morgan fingerprint density at radius 3 is 2.24 bits per heavy atom. The van der Waals surface area contributed by atoms with Crippen molar-refractivity contribution in [2.45, 2.75) is 58.3 Å². The van der Waals surface area contributed by atoms with Gasteiger partial charge >= 0.3 is 5.97 Å². The number of benzene rings is 2. The van der Waals surface area contributed by atoms with Crippen LogP contribution in [0, 0.1) is 0 Å². The summed E-state index contributed by atoms with van der Waals surface area (Å²) >= 11 is 1.41. The van der Waals surface area contributed by atoms with E-state index in [0.717, 1.165) is 16.0 Å². The van der Waals surface area contributed by atoms with Gasteiger partial charge in [0.1, 0.15) is 10.6 Å². The summed E-state index contributed by atoms with van der Waals surface area (Å²) in [6.07, 6.45) is 0.474. The highest BCUT2D eigenvalue weighted by molar-refractivity contribution is 7.16. The van der Waals surface area contributed by atoms with Gasteiger partial charge in [-0.25, -0.2) is 4.79 Å². The number of nitrogens with two attached hydrogens (primary N) is 1. The van der Waals surface area contributed by atoms with Crippen LogP contribution in [0.15, 0.2) is 54.6 Å². The van der Waals surface area contributed by atoms with E-state index in [2.05, 4.69) is 24.0 Å². The first-order chi connectivity index (χ1) is 17.5. The number of imide groups is 1. The highest BCUT2D eigenvalue weighted by Gasteiger charge is 2.41. The molecule has 0 saturated heterocycles. The van der Waals surface area contributed by atoms with E-state index in [-0.39, 0.29) is 30.4 Å². The lowest BCUT2D eigenvalue weighted by atomic mass is 9.93. The second kappa shape index (κ2) is 9.43. The lowest BCUT2D eigenvalue weighted by molar-refractivity contribution is 0.00671. The molecule has 37 heavy (non-hydrogen) atoms. The number of hydrogen-bond donors (Lipinski definition) is 1. The minimum atomic E-state index is -0.652. The fourth-order valence-corrected chi connectivity index (χ4v) is 6.34. The predicted molar refractivity (Wildman–Crippen MR) is 144 cm³/mol. The van der Waals surface area contributed by atoms with Crippen molar-refractivity contribution in [2.75, 3.05) is 12.3 Å². The topological polar surface area (TPSA) is 92.9 Å². The summed E-state index contributed by atoms with van der Waals surface area (Å²) in [6, 6.07) is 16.9. The van der Waals surface area contributed by atoms with Gasteiger partial charge in [-0.15, -0.1) is 11.3 Å². The van der Waals surface area contributed by atoms with Crippen LogP contribution in [0.5, 0.6) is 0 Å². The van der Waals surface area contributed by atoms with Crippen LogP contribution in [0.1, 0.15) is 80.8 Å². The van der Waals surface area contributed by atoms with E-state index in [9.17, 15) is 14.4 Å². The van der Waals surface area contributed by atoms with E-state index in [0.29, 0.717) is 34.7 Å². The van der Waals surface area contributed by atoms with E-state index < -0.39 is 11.6 Å². The van der Waals surface area contributed by atoms with Crippen LogP contribution in [0.3, 0.4) is 0 Å². The van der Waals surface area contributed by atoms with Crippen LogP contribution in [-0.4, -0.2) is 45.8 Å². The van der Waals surface area contributed by atoms with E-state index >= 15 is 0 Å². The largest absolute Gasteiger partial charge is 0.456 e. The monoisotopic (exact) mass is 517 g/mol. The molecule has 2 amide bonds. The maximum atomic E-state index is 13.2. The summed E-state index contributed by atoms with van der Waals surface area (Å²) < 4.78 is 5.67. The number of thiophene rings is 1. The quantitative estimate of drug-likeness (QED) is 0.375. The first-order valence-electron chi connectivity index (χ1n) is 12.4. The molecule has 2 aliphatic heterocycles. The second-order valence-corrected chi connectivity index (χ2v) is 11.8. The maximum absolute atomic E-state index is 13.2. The van der Waals surface area contributed by atoms with E-state index in [1.54, 1.807) is 24.3 Å². The zero-order valence-corrected chi connectivity index (χ0v) is 22.3. The third kappa shape index (κ3) is 4.67. The fraction of sp³-hybridized carbons (Fsp3) is 0.345. The number of hydrogen-bond acceptors (Lipinski definition) is 7. The summed E-state index contributed by atoms with van der Waals surface area (Å²) in [7, 11) is 0. The first kappa shape index (κ1) is 25.2. The molecule has 3 aromatic rings. The van der Waals surface area contributed by atoms with E-state index in [4.69, 9.17) is 10.5 Å². The zero-order chi connectivity index (χ0) is 26.5. The fourth-order valence-electron chi connectivity index (χ4n) is 5.24. The van der Waals surface area contributed by atoms with Gasteiger partial charge in [0.2, 0.25) is 0 Å². The third-order valence-corrected chi connectivity index (χ3v) is 8.05. The number of fused-ring (bicyclic) bond motifs is 2. The number of esters is 1. The smallest absolute Gasteiger partial charge is 0.341 e. The molecule has 0 spiro atoms. The van der Waals surface area contributed by atoms with E-state index in [1.165, 1.54) is 16.2 Å². The lowest BCUT2D eigenvalue weighted by Gasteiger charge is -2.41. The highest BCUT2D eigenvalue weighted by atomic mass is 32.1. The summed E-state index contributed by atoms with van der Waals surface area (Å²) in [4.78, 5) is 44.2. The molecule has 0 fully saturated rings. The molecule has 0 bridgehead atoms. The van der Waals surface area contributed by atoms with Gasteiger partial charge in [-0.05, 0) is 57.4 Å². The van der Waals surface area contributed by atoms with Crippen molar-refractivity contribution in [3.63, 3.8) is 0 Å². The van der Waals surface area contributed by atoms with Crippen molar-refractivity contribution >= 4 is 34.1 Å². The minimum Gasteiger partial charge on any atom is -0.456 e. The van der Waals surface area contributed by atoms with Gasteiger partial charge in [0.15, 0.2) is 0 Å². The lowest BCUT2D eigenvalue weighted by Crippen LogP contribution is -2.49. The zero-order valence-electron chi connectivity index (χ0n) is 21.5. The van der Waals surface area contributed by atoms with Crippen molar-refractivity contribution < 1.29 is 19.1 Å².